The summed E-state index contributed by atoms with van der Waals surface area (Å²) in [6.45, 7) is 2.87. The summed E-state index contributed by atoms with van der Waals surface area (Å²) >= 11 is 0. The summed E-state index contributed by atoms with van der Waals surface area (Å²) in [6.07, 6.45) is 2.19. The van der Waals surface area contributed by atoms with Gasteiger partial charge in [0.15, 0.2) is 0 Å². The number of piperidine rings is 1. The van der Waals surface area contributed by atoms with E-state index in [1.807, 2.05) is 0 Å². The lowest BCUT2D eigenvalue weighted by molar-refractivity contribution is 0.266. The monoisotopic (exact) mass is 167 g/mol. The summed E-state index contributed by atoms with van der Waals surface area (Å²) < 4.78 is 12.0. The van der Waals surface area contributed by atoms with Gasteiger partial charge in [-0.2, -0.15) is 0 Å². The van der Waals surface area contributed by atoms with Crippen molar-refractivity contribution in [3.05, 3.63) is 0 Å². The van der Waals surface area contributed by atoms with Gasteiger partial charge in [-0.1, -0.05) is 0 Å². The van der Waals surface area contributed by atoms with Crippen LogP contribution in [0.1, 0.15) is 19.8 Å². The van der Waals surface area contributed by atoms with Crippen LogP contribution in [-0.2, 0) is 0 Å². The zero-order chi connectivity index (χ0) is 6.69. The Kier molecular flexibility index (Phi) is 5.00. The Morgan fingerprint density at radius 2 is 2.20 bits per heavy atom. The first-order chi connectivity index (χ1) is 4.33. The van der Waals surface area contributed by atoms with E-state index in [0.29, 0.717) is 12.0 Å². The molecule has 0 saturated carbocycles. The molecule has 3 heteroatoms. The van der Waals surface area contributed by atoms with Crippen LogP contribution in [0.25, 0.3) is 0 Å². The second kappa shape index (κ2) is 4.91. The van der Waals surface area contributed by atoms with Crippen molar-refractivity contribution >= 4 is 12.4 Å². The van der Waals surface area contributed by atoms with E-state index in [4.69, 9.17) is 0 Å². The number of rotatable bonds is 1. The molecule has 62 valence electrons. The standard InChI is InChI=1S/C7H14FN.ClH/c1-6-2-3-7(4-8)5-9-6;/h6-7,9H,2-5H2,1H3;1H/t6-,7-;/m0./s1. The van der Waals surface area contributed by atoms with E-state index in [1.54, 1.807) is 0 Å². The largest absolute Gasteiger partial charge is 0.314 e. The molecular weight excluding hydrogens is 153 g/mol. The van der Waals surface area contributed by atoms with Gasteiger partial charge < -0.3 is 5.32 Å². The van der Waals surface area contributed by atoms with Gasteiger partial charge in [0.25, 0.3) is 0 Å². The molecule has 10 heavy (non-hydrogen) atoms. The van der Waals surface area contributed by atoms with Gasteiger partial charge in [0, 0.05) is 12.6 Å². The number of hydrogen-bond donors (Lipinski definition) is 1. The van der Waals surface area contributed by atoms with Gasteiger partial charge in [-0.3, -0.25) is 4.39 Å². The zero-order valence-corrected chi connectivity index (χ0v) is 7.09. The summed E-state index contributed by atoms with van der Waals surface area (Å²) in [5.74, 6) is 0.293. The van der Waals surface area contributed by atoms with Crippen LogP contribution in [0.5, 0.6) is 0 Å². The quantitative estimate of drug-likeness (QED) is 0.628. The molecule has 0 amide bonds. The second-order valence-electron chi connectivity index (χ2n) is 2.91. The first-order valence-corrected chi connectivity index (χ1v) is 3.62. The minimum absolute atomic E-state index is 0. The summed E-state index contributed by atoms with van der Waals surface area (Å²) in [4.78, 5) is 0. The third kappa shape index (κ3) is 2.84. The van der Waals surface area contributed by atoms with Crippen molar-refractivity contribution in [2.75, 3.05) is 13.2 Å². The van der Waals surface area contributed by atoms with Crippen LogP contribution in [-0.4, -0.2) is 19.3 Å². The highest BCUT2D eigenvalue weighted by atomic mass is 35.5. The molecule has 1 heterocycles. The molecule has 0 bridgehead atoms. The average Bonchev–Trinajstić information content (AvgIpc) is 1.90. The van der Waals surface area contributed by atoms with E-state index in [-0.39, 0.29) is 19.1 Å². The molecule has 0 aromatic heterocycles. The molecule has 0 aromatic carbocycles. The molecular formula is C7H15ClFN. The van der Waals surface area contributed by atoms with E-state index in [1.165, 1.54) is 0 Å². The normalized spacial score (nSPS) is 33.0. The van der Waals surface area contributed by atoms with Crippen molar-refractivity contribution in [3.8, 4) is 0 Å². The molecule has 1 rings (SSSR count). The zero-order valence-electron chi connectivity index (χ0n) is 6.27. The second-order valence-corrected chi connectivity index (χ2v) is 2.91. The van der Waals surface area contributed by atoms with Gasteiger partial charge in [0.05, 0.1) is 6.67 Å². The summed E-state index contributed by atoms with van der Waals surface area (Å²) in [5, 5.41) is 3.24. The predicted octanol–water partition coefficient (Wildman–Crippen LogP) is 1.77. The molecule has 1 fully saturated rings. The lowest BCUT2D eigenvalue weighted by Crippen LogP contribution is -2.37. The highest BCUT2D eigenvalue weighted by Gasteiger charge is 2.16. The number of alkyl halides is 1. The third-order valence-electron chi connectivity index (χ3n) is 1.98. The van der Waals surface area contributed by atoms with E-state index in [2.05, 4.69) is 12.2 Å². The smallest absolute Gasteiger partial charge is 0.0934 e. The van der Waals surface area contributed by atoms with Crippen molar-refractivity contribution < 1.29 is 4.39 Å². The van der Waals surface area contributed by atoms with Gasteiger partial charge in [-0.05, 0) is 25.7 Å². The summed E-state index contributed by atoms with van der Waals surface area (Å²) in [5.41, 5.74) is 0. The molecule has 2 atom stereocenters. The third-order valence-corrected chi connectivity index (χ3v) is 1.98. The van der Waals surface area contributed by atoms with Crippen LogP contribution in [0.2, 0.25) is 0 Å². The highest BCUT2D eigenvalue weighted by Crippen LogP contribution is 2.13. The van der Waals surface area contributed by atoms with Crippen LogP contribution < -0.4 is 5.32 Å². The van der Waals surface area contributed by atoms with Gasteiger partial charge in [-0.25, -0.2) is 0 Å². The molecule has 1 aliphatic rings. The van der Waals surface area contributed by atoms with Gasteiger partial charge in [-0.15, -0.1) is 12.4 Å². The molecule has 1 N–H and O–H groups in total. The van der Waals surface area contributed by atoms with Gasteiger partial charge in [0.2, 0.25) is 0 Å². The first-order valence-electron chi connectivity index (χ1n) is 3.62. The molecule has 0 aliphatic carbocycles. The van der Waals surface area contributed by atoms with Crippen molar-refractivity contribution in [1.29, 1.82) is 0 Å². The van der Waals surface area contributed by atoms with E-state index >= 15 is 0 Å². The summed E-state index contributed by atoms with van der Waals surface area (Å²) in [7, 11) is 0. The molecule has 0 unspecified atom stereocenters. The Labute approximate surface area is 67.8 Å². The SMILES string of the molecule is C[C@H]1CC[C@@H](CF)CN1.Cl. The average molecular weight is 168 g/mol. The van der Waals surface area contributed by atoms with Crippen molar-refractivity contribution in [2.45, 2.75) is 25.8 Å². The fraction of sp³-hybridized carbons (Fsp3) is 1.00. The topological polar surface area (TPSA) is 12.0 Å². The molecule has 0 radical (unpaired) electrons. The number of halogens is 2. The van der Waals surface area contributed by atoms with Crippen LogP contribution in [0.3, 0.4) is 0 Å². The Morgan fingerprint density at radius 3 is 2.60 bits per heavy atom. The predicted molar refractivity (Wildman–Crippen MR) is 43.4 cm³/mol. The van der Waals surface area contributed by atoms with Gasteiger partial charge >= 0.3 is 0 Å². The van der Waals surface area contributed by atoms with Crippen LogP contribution in [0.4, 0.5) is 4.39 Å². The Balaban J connectivity index is 0.000000810. The minimum atomic E-state index is -0.153. The highest BCUT2D eigenvalue weighted by molar-refractivity contribution is 5.85. The Hall–Kier alpha value is 0.180. The van der Waals surface area contributed by atoms with Crippen LogP contribution >= 0.6 is 12.4 Å². The Morgan fingerprint density at radius 1 is 1.50 bits per heavy atom. The van der Waals surface area contributed by atoms with Crippen LogP contribution in [0, 0.1) is 5.92 Å². The number of nitrogens with one attached hydrogen (secondary N) is 1. The summed E-state index contributed by atoms with van der Waals surface area (Å²) in [6, 6.07) is 0.604. The molecule has 1 saturated heterocycles. The van der Waals surface area contributed by atoms with Crippen molar-refractivity contribution in [1.82, 2.24) is 5.32 Å². The minimum Gasteiger partial charge on any atom is -0.314 e. The number of hydrogen-bond acceptors (Lipinski definition) is 1. The first kappa shape index (κ1) is 10.2. The van der Waals surface area contributed by atoms with Crippen molar-refractivity contribution in [3.63, 3.8) is 0 Å². The maximum absolute atomic E-state index is 12.0. The maximum Gasteiger partial charge on any atom is 0.0934 e. The maximum atomic E-state index is 12.0. The van der Waals surface area contributed by atoms with Crippen molar-refractivity contribution in [2.24, 2.45) is 5.92 Å². The molecule has 1 nitrogen and oxygen atoms in total. The lowest BCUT2D eigenvalue weighted by Gasteiger charge is -2.25. The Bertz CT molecular complexity index is 81.7. The molecule has 0 spiro atoms. The lowest BCUT2D eigenvalue weighted by atomic mass is 9.97. The van der Waals surface area contributed by atoms with Crippen LogP contribution in [0.15, 0.2) is 0 Å². The van der Waals surface area contributed by atoms with E-state index in [9.17, 15) is 4.39 Å². The van der Waals surface area contributed by atoms with E-state index < -0.39 is 0 Å². The van der Waals surface area contributed by atoms with Gasteiger partial charge in [0.1, 0.15) is 0 Å². The van der Waals surface area contributed by atoms with E-state index in [0.717, 1.165) is 19.4 Å². The fourth-order valence-corrected chi connectivity index (χ4v) is 1.19. The molecule has 0 aromatic rings. The fourth-order valence-electron chi connectivity index (χ4n) is 1.19. The molecule has 1 aliphatic heterocycles.